The van der Waals surface area contributed by atoms with Crippen molar-refractivity contribution in [3.05, 3.63) is 77.0 Å². The normalized spacial score (nSPS) is 20.5. The molecule has 3 rings (SSSR count). The summed E-state index contributed by atoms with van der Waals surface area (Å²) in [7, 11) is 0. The average molecular weight is 402 g/mol. The molecule has 0 spiro atoms. The second-order valence-corrected chi connectivity index (χ2v) is 7.86. The Hall–Kier alpha value is -3.39. The maximum Gasteiger partial charge on any atom is 0.271 e. The number of piperazine rings is 1. The Morgan fingerprint density at radius 1 is 1.10 bits per heavy atom. The highest BCUT2D eigenvalue weighted by atomic mass is 16.2. The summed E-state index contributed by atoms with van der Waals surface area (Å²) in [5.41, 5.74) is 2.01. The SMILES string of the molecule is CCCCN1C(=O)C(=C(C)c2ccccc2C#N)NC(=O)C1(C)Cc1ccccc1. The van der Waals surface area contributed by atoms with E-state index in [9.17, 15) is 14.9 Å². The fourth-order valence-electron chi connectivity index (χ4n) is 3.91. The summed E-state index contributed by atoms with van der Waals surface area (Å²) >= 11 is 0. The molecule has 2 aromatic rings. The molecule has 0 bridgehead atoms. The van der Waals surface area contributed by atoms with Crippen LogP contribution >= 0.6 is 0 Å². The molecule has 1 saturated heterocycles. The summed E-state index contributed by atoms with van der Waals surface area (Å²) in [6.45, 7) is 6.18. The highest BCUT2D eigenvalue weighted by Crippen LogP contribution is 2.31. The number of unbranched alkanes of at least 4 members (excludes halogenated alkanes) is 1. The number of allylic oxidation sites excluding steroid dienone is 1. The van der Waals surface area contributed by atoms with E-state index < -0.39 is 5.54 Å². The molecule has 0 saturated carbocycles. The molecule has 1 atom stereocenters. The Bertz CT molecular complexity index is 1020. The van der Waals surface area contributed by atoms with Gasteiger partial charge in [0.25, 0.3) is 11.8 Å². The molecule has 5 nitrogen and oxygen atoms in total. The molecule has 1 unspecified atom stereocenters. The van der Waals surface area contributed by atoms with Crippen molar-refractivity contribution in [3.63, 3.8) is 0 Å². The topological polar surface area (TPSA) is 73.2 Å². The number of benzene rings is 2. The Labute approximate surface area is 178 Å². The summed E-state index contributed by atoms with van der Waals surface area (Å²) < 4.78 is 0. The minimum absolute atomic E-state index is 0.202. The van der Waals surface area contributed by atoms with E-state index >= 15 is 0 Å². The maximum atomic E-state index is 13.6. The van der Waals surface area contributed by atoms with Gasteiger partial charge in [0.2, 0.25) is 0 Å². The van der Waals surface area contributed by atoms with Crippen molar-refractivity contribution < 1.29 is 9.59 Å². The first-order valence-corrected chi connectivity index (χ1v) is 10.3. The van der Waals surface area contributed by atoms with E-state index in [-0.39, 0.29) is 17.5 Å². The van der Waals surface area contributed by atoms with E-state index in [0.717, 1.165) is 18.4 Å². The van der Waals surface area contributed by atoms with Gasteiger partial charge in [0.15, 0.2) is 0 Å². The smallest absolute Gasteiger partial charge is 0.271 e. The van der Waals surface area contributed by atoms with Crippen molar-refractivity contribution in [1.82, 2.24) is 10.2 Å². The summed E-state index contributed by atoms with van der Waals surface area (Å²) in [5, 5.41) is 12.3. The number of rotatable bonds is 6. The fourth-order valence-corrected chi connectivity index (χ4v) is 3.91. The molecule has 0 aromatic heterocycles. The minimum Gasteiger partial charge on any atom is -0.323 e. The molecule has 0 radical (unpaired) electrons. The summed E-state index contributed by atoms with van der Waals surface area (Å²) in [6, 6.07) is 19.0. The summed E-state index contributed by atoms with van der Waals surface area (Å²) in [6.07, 6.45) is 2.17. The minimum atomic E-state index is -0.980. The molecule has 1 aliphatic rings. The van der Waals surface area contributed by atoms with Crippen molar-refractivity contribution in [2.45, 2.75) is 45.6 Å². The van der Waals surface area contributed by atoms with Gasteiger partial charge < -0.3 is 10.2 Å². The zero-order chi connectivity index (χ0) is 21.7. The number of carbonyl (C=O) groups excluding carboxylic acids is 2. The molecule has 2 aromatic carbocycles. The second kappa shape index (κ2) is 8.96. The van der Waals surface area contributed by atoms with Crippen LogP contribution < -0.4 is 5.32 Å². The fraction of sp³-hybridized carbons (Fsp3) is 0.320. The van der Waals surface area contributed by atoms with Crippen molar-refractivity contribution in [2.75, 3.05) is 6.54 Å². The molecule has 1 aliphatic heterocycles. The van der Waals surface area contributed by atoms with Gasteiger partial charge in [-0.1, -0.05) is 61.9 Å². The van der Waals surface area contributed by atoms with Crippen molar-refractivity contribution in [2.24, 2.45) is 0 Å². The third-order valence-electron chi connectivity index (χ3n) is 5.74. The number of hydrogen-bond donors (Lipinski definition) is 1. The van der Waals surface area contributed by atoms with Gasteiger partial charge in [-0.15, -0.1) is 0 Å². The van der Waals surface area contributed by atoms with Crippen LogP contribution in [0.2, 0.25) is 0 Å². The van der Waals surface area contributed by atoms with E-state index in [1.807, 2.05) is 43.3 Å². The Morgan fingerprint density at radius 3 is 2.43 bits per heavy atom. The monoisotopic (exact) mass is 401 g/mol. The number of carbonyl (C=O) groups is 2. The highest BCUT2D eigenvalue weighted by molar-refractivity contribution is 6.10. The number of nitrogens with zero attached hydrogens (tertiary/aromatic N) is 2. The second-order valence-electron chi connectivity index (χ2n) is 7.86. The van der Waals surface area contributed by atoms with Crippen LogP contribution in [0, 0.1) is 11.3 Å². The molecular weight excluding hydrogens is 374 g/mol. The lowest BCUT2D eigenvalue weighted by Gasteiger charge is -2.45. The standard InChI is InChI=1S/C25H27N3O2/c1-4-5-15-28-23(29)22(18(2)21-14-10-9-13-20(21)17-26)27-24(30)25(28,3)16-19-11-7-6-8-12-19/h6-14H,4-5,15-16H2,1-3H3,(H,27,30). The molecule has 5 heteroatoms. The van der Waals surface area contributed by atoms with Crippen LogP contribution in [0.1, 0.15) is 50.3 Å². The average Bonchev–Trinajstić information content (AvgIpc) is 2.76. The quantitative estimate of drug-likeness (QED) is 0.742. The van der Waals surface area contributed by atoms with Crippen LogP contribution in [0.5, 0.6) is 0 Å². The Balaban J connectivity index is 2.05. The van der Waals surface area contributed by atoms with Crippen LogP contribution in [0.4, 0.5) is 0 Å². The predicted molar refractivity (Wildman–Crippen MR) is 117 cm³/mol. The molecule has 1 heterocycles. The van der Waals surface area contributed by atoms with Gasteiger partial charge in [0.1, 0.15) is 11.2 Å². The molecule has 2 amide bonds. The number of hydrogen-bond acceptors (Lipinski definition) is 3. The first kappa shape index (κ1) is 21.3. The van der Waals surface area contributed by atoms with Crippen LogP contribution in [0.15, 0.2) is 60.3 Å². The van der Waals surface area contributed by atoms with Gasteiger partial charge in [-0.3, -0.25) is 9.59 Å². The zero-order valence-corrected chi connectivity index (χ0v) is 17.7. The summed E-state index contributed by atoms with van der Waals surface area (Å²) in [4.78, 5) is 28.6. The van der Waals surface area contributed by atoms with Crippen molar-refractivity contribution in [3.8, 4) is 6.07 Å². The Morgan fingerprint density at radius 2 is 1.77 bits per heavy atom. The summed E-state index contributed by atoms with van der Waals surface area (Å²) in [5.74, 6) is -0.405. The van der Waals surface area contributed by atoms with Gasteiger partial charge in [0, 0.05) is 13.0 Å². The first-order chi connectivity index (χ1) is 14.4. The van der Waals surface area contributed by atoms with Crippen molar-refractivity contribution >= 4 is 17.4 Å². The van der Waals surface area contributed by atoms with Crippen LogP contribution in [0.3, 0.4) is 0 Å². The third kappa shape index (κ3) is 3.99. The molecule has 1 N–H and O–H groups in total. The lowest BCUT2D eigenvalue weighted by atomic mass is 9.86. The van der Waals surface area contributed by atoms with Crippen LogP contribution in [0.25, 0.3) is 5.57 Å². The van der Waals surface area contributed by atoms with E-state index in [1.165, 1.54) is 0 Å². The van der Waals surface area contributed by atoms with Crippen LogP contribution in [-0.4, -0.2) is 28.8 Å². The number of amides is 2. The van der Waals surface area contributed by atoms with Gasteiger partial charge in [-0.05, 0) is 43.0 Å². The molecule has 154 valence electrons. The highest BCUT2D eigenvalue weighted by Gasteiger charge is 2.47. The molecule has 30 heavy (non-hydrogen) atoms. The third-order valence-corrected chi connectivity index (χ3v) is 5.74. The number of nitrogens with one attached hydrogen (secondary N) is 1. The largest absolute Gasteiger partial charge is 0.323 e. The lowest BCUT2D eigenvalue weighted by molar-refractivity contribution is -0.149. The van der Waals surface area contributed by atoms with Gasteiger partial charge in [-0.25, -0.2) is 0 Å². The van der Waals surface area contributed by atoms with Crippen molar-refractivity contribution in [1.29, 1.82) is 5.26 Å². The Kier molecular flexibility index (Phi) is 6.37. The van der Waals surface area contributed by atoms with Crippen LogP contribution in [-0.2, 0) is 16.0 Å². The van der Waals surface area contributed by atoms with E-state index in [4.69, 9.17) is 0 Å². The van der Waals surface area contributed by atoms with E-state index in [2.05, 4.69) is 18.3 Å². The molecule has 0 aliphatic carbocycles. The molecular formula is C25H27N3O2. The number of nitriles is 1. The first-order valence-electron chi connectivity index (χ1n) is 10.3. The van der Waals surface area contributed by atoms with Gasteiger partial charge >= 0.3 is 0 Å². The maximum absolute atomic E-state index is 13.6. The van der Waals surface area contributed by atoms with Gasteiger partial charge in [-0.2, -0.15) is 5.26 Å². The van der Waals surface area contributed by atoms with Gasteiger partial charge in [0.05, 0.1) is 11.6 Å². The zero-order valence-electron chi connectivity index (χ0n) is 17.7. The molecule has 1 fully saturated rings. The predicted octanol–water partition coefficient (Wildman–Crippen LogP) is 4.05. The van der Waals surface area contributed by atoms with E-state index in [1.54, 1.807) is 30.0 Å². The lowest BCUT2D eigenvalue weighted by Crippen LogP contribution is -2.66. The van der Waals surface area contributed by atoms with E-state index in [0.29, 0.717) is 29.7 Å².